The average molecular weight is 331 g/mol. The van der Waals surface area contributed by atoms with Crippen molar-refractivity contribution in [1.29, 1.82) is 0 Å². The lowest BCUT2D eigenvalue weighted by atomic mass is 9.96. The minimum atomic E-state index is -0.118. The molecule has 6 heteroatoms. The maximum absolute atomic E-state index is 12.1. The fraction of sp³-hybridized carbons (Fsp3) is 0.667. The lowest BCUT2D eigenvalue weighted by Crippen LogP contribution is -2.46. The number of pyridine rings is 1. The van der Waals surface area contributed by atoms with Crippen molar-refractivity contribution in [3.05, 3.63) is 18.3 Å². The third kappa shape index (κ3) is 4.60. The molecule has 2 fully saturated rings. The summed E-state index contributed by atoms with van der Waals surface area (Å²) in [5.41, 5.74) is 0.749. The average Bonchev–Trinajstić information content (AvgIpc) is 2.63. The van der Waals surface area contributed by atoms with Crippen molar-refractivity contribution >= 4 is 17.5 Å². The number of carbonyl (C=O) groups is 1. The molecule has 1 aromatic rings. The number of piperazine rings is 1. The minimum absolute atomic E-state index is 0.118. The summed E-state index contributed by atoms with van der Waals surface area (Å²) in [6.45, 7) is 7.50. The molecular formula is C18H29N5O. The maximum Gasteiger partial charge on any atom is 0.319 e. The van der Waals surface area contributed by atoms with Gasteiger partial charge in [-0.25, -0.2) is 9.78 Å². The molecule has 1 saturated heterocycles. The van der Waals surface area contributed by atoms with Crippen LogP contribution in [0.1, 0.15) is 39.0 Å². The largest absolute Gasteiger partial charge is 0.354 e. The topological polar surface area (TPSA) is 60.5 Å². The molecule has 1 aliphatic heterocycles. The predicted molar refractivity (Wildman–Crippen MR) is 97.6 cm³/mol. The van der Waals surface area contributed by atoms with Gasteiger partial charge in [0.15, 0.2) is 0 Å². The second kappa shape index (κ2) is 8.33. The number of hydrogen-bond acceptors (Lipinski definition) is 4. The Kier molecular flexibility index (Phi) is 5.91. The molecule has 24 heavy (non-hydrogen) atoms. The number of likely N-dealkylation sites (N-methyl/N-ethyl adjacent to an activating group) is 1. The SMILES string of the molecule is CCN1CCN(c2ccc(NC(=O)NC3CCCCC3)cn2)CC1. The van der Waals surface area contributed by atoms with Gasteiger partial charge >= 0.3 is 6.03 Å². The van der Waals surface area contributed by atoms with Gasteiger partial charge in [-0.3, -0.25) is 0 Å². The lowest BCUT2D eigenvalue weighted by Gasteiger charge is -2.34. The molecule has 0 spiro atoms. The zero-order valence-electron chi connectivity index (χ0n) is 14.6. The van der Waals surface area contributed by atoms with Gasteiger partial charge in [-0.15, -0.1) is 0 Å². The molecule has 0 unspecified atom stereocenters. The molecule has 2 amide bonds. The first-order valence-electron chi connectivity index (χ1n) is 9.25. The molecule has 0 aromatic carbocycles. The fourth-order valence-corrected chi connectivity index (χ4v) is 3.54. The standard InChI is InChI=1S/C18H29N5O/c1-2-22-10-12-23(13-11-22)17-9-8-16(14-19-17)21-18(24)20-15-6-4-3-5-7-15/h8-9,14-15H,2-7,10-13H2,1H3,(H2,20,21,24). The van der Waals surface area contributed by atoms with Crippen molar-refractivity contribution in [3.63, 3.8) is 0 Å². The predicted octanol–water partition coefficient (Wildman–Crippen LogP) is 2.68. The molecular weight excluding hydrogens is 302 g/mol. The van der Waals surface area contributed by atoms with Crippen LogP contribution in [0.5, 0.6) is 0 Å². The number of hydrogen-bond donors (Lipinski definition) is 2. The van der Waals surface area contributed by atoms with Crippen LogP contribution in [-0.4, -0.2) is 54.7 Å². The smallest absolute Gasteiger partial charge is 0.319 e. The summed E-state index contributed by atoms with van der Waals surface area (Å²) in [5, 5.41) is 5.96. The Morgan fingerprint density at radius 3 is 2.54 bits per heavy atom. The van der Waals surface area contributed by atoms with Gasteiger partial charge in [0.25, 0.3) is 0 Å². The van der Waals surface area contributed by atoms with E-state index in [9.17, 15) is 4.79 Å². The number of urea groups is 1. The number of rotatable bonds is 4. The van der Waals surface area contributed by atoms with Crippen LogP contribution in [0.25, 0.3) is 0 Å². The highest BCUT2D eigenvalue weighted by molar-refractivity contribution is 5.89. The molecule has 2 N–H and O–H groups in total. The molecule has 2 heterocycles. The Balaban J connectivity index is 1.48. The lowest BCUT2D eigenvalue weighted by molar-refractivity contribution is 0.244. The van der Waals surface area contributed by atoms with Gasteiger partial charge in [-0.05, 0) is 31.5 Å². The highest BCUT2D eigenvalue weighted by atomic mass is 16.2. The van der Waals surface area contributed by atoms with E-state index in [1.807, 2.05) is 12.1 Å². The van der Waals surface area contributed by atoms with Gasteiger partial charge in [-0.1, -0.05) is 26.2 Å². The molecule has 3 rings (SSSR count). The van der Waals surface area contributed by atoms with Crippen molar-refractivity contribution in [2.75, 3.05) is 42.9 Å². The number of nitrogens with zero attached hydrogens (tertiary/aromatic N) is 3. The van der Waals surface area contributed by atoms with E-state index in [2.05, 4.69) is 32.3 Å². The summed E-state index contributed by atoms with van der Waals surface area (Å²) in [7, 11) is 0. The Morgan fingerprint density at radius 2 is 1.92 bits per heavy atom. The monoisotopic (exact) mass is 331 g/mol. The van der Waals surface area contributed by atoms with Gasteiger partial charge in [0, 0.05) is 32.2 Å². The highest BCUT2D eigenvalue weighted by Gasteiger charge is 2.17. The van der Waals surface area contributed by atoms with Crippen molar-refractivity contribution < 1.29 is 4.79 Å². The van der Waals surface area contributed by atoms with Crippen LogP contribution < -0.4 is 15.5 Å². The van der Waals surface area contributed by atoms with E-state index in [1.54, 1.807) is 6.20 Å². The van der Waals surface area contributed by atoms with E-state index in [1.165, 1.54) is 19.3 Å². The first-order valence-corrected chi connectivity index (χ1v) is 9.25. The van der Waals surface area contributed by atoms with Gasteiger partial charge in [-0.2, -0.15) is 0 Å². The van der Waals surface area contributed by atoms with Crippen molar-refractivity contribution in [2.45, 2.75) is 45.1 Å². The number of amides is 2. The number of aromatic nitrogens is 1. The quantitative estimate of drug-likeness (QED) is 0.890. The van der Waals surface area contributed by atoms with Crippen molar-refractivity contribution in [2.24, 2.45) is 0 Å². The summed E-state index contributed by atoms with van der Waals surface area (Å²) in [5.74, 6) is 0.990. The summed E-state index contributed by atoms with van der Waals surface area (Å²) >= 11 is 0. The molecule has 1 aliphatic carbocycles. The van der Waals surface area contributed by atoms with E-state index in [4.69, 9.17) is 0 Å². The van der Waals surface area contributed by atoms with Crippen LogP contribution in [0.2, 0.25) is 0 Å². The van der Waals surface area contributed by atoms with Crippen molar-refractivity contribution in [3.8, 4) is 0 Å². The summed E-state index contributed by atoms with van der Waals surface area (Å²) < 4.78 is 0. The zero-order chi connectivity index (χ0) is 16.8. The van der Waals surface area contributed by atoms with Crippen LogP contribution in [0.15, 0.2) is 18.3 Å². The van der Waals surface area contributed by atoms with E-state index < -0.39 is 0 Å². The fourth-order valence-electron chi connectivity index (χ4n) is 3.54. The third-order valence-electron chi connectivity index (χ3n) is 5.09. The Bertz CT molecular complexity index is 519. The minimum Gasteiger partial charge on any atom is -0.354 e. The van der Waals surface area contributed by atoms with Gasteiger partial charge < -0.3 is 20.4 Å². The van der Waals surface area contributed by atoms with Gasteiger partial charge in [0.05, 0.1) is 11.9 Å². The summed E-state index contributed by atoms with van der Waals surface area (Å²) in [4.78, 5) is 21.3. The number of anilines is 2. The second-order valence-corrected chi connectivity index (χ2v) is 6.76. The normalized spacial score (nSPS) is 20.0. The molecule has 1 aromatic heterocycles. The van der Waals surface area contributed by atoms with E-state index in [0.29, 0.717) is 6.04 Å². The summed E-state index contributed by atoms with van der Waals surface area (Å²) in [6, 6.07) is 4.14. The van der Waals surface area contributed by atoms with Crippen LogP contribution in [0.4, 0.5) is 16.3 Å². The number of carbonyl (C=O) groups excluding carboxylic acids is 1. The second-order valence-electron chi connectivity index (χ2n) is 6.76. The van der Waals surface area contributed by atoms with Gasteiger partial charge in [0.2, 0.25) is 0 Å². The van der Waals surface area contributed by atoms with Crippen LogP contribution in [0.3, 0.4) is 0 Å². The molecule has 0 bridgehead atoms. The molecule has 1 saturated carbocycles. The maximum atomic E-state index is 12.1. The van der Waals surface area contributed by atoms with Crippen molar-refractivity contribution in [1.82, 2.24) is 15.2 Å². The Morgan fingerprint density at radius 1 is 1.17 bits per heavy atom. The molecule has 0 atom stereocenters. The van der Waals surface area contributed by atoms with Gasteiger partial charge in [0.1, 0.15) is 5.82 Å². The van der Waals surface area contributed by atoms with E-state index in [-0.39, 0.29) is 6.03 Å². The van der Waals surface area contributed by atoms with Crippen LogP contribution in [-0.2, 0) is 0 Å². The third-order valence-corrected chi connectivity index (χ3v) is 5.09. The molecule has 132 valence electrons. The van der Waals surface area contributed by atoms with E-state index in [0.717, 1.165) is 57.1 Å². The Labute approximate surface area is 144 Å². The van der Waals surface area contributed by atoms with E-state index >= 15 is 0 Å². The first kappa shape index (κ1) is 17.0. The zero-order valence-corrected chi connectivity index (χ0v) is 14.6. The van der Waals surface area contributed by atoms with Crippen LogP contribution >= 0.6 is 0 Å². The number of nitrogens with one attached hydrogen (secondary N) is 2. The molecule has 6 nitrogen and oxygen atoms in total. The Hall–Kier alpha value is -1.82. The molecule has 2 aliphatic rings. The van der Waals surface area contributed by atoms with Crippen LogP contribution in [0, 0.1) is 0 Å². The summed E-state index contributed by atoms with van der Waals surface area (Å²) in [6.07, 6.45) is 7.65. The first-order chi connectivity index (χ1) is 11.7. The highest BCUT2D eigenvalue weighted by Crippen LogP contribution is 2.18. The molecule has 0 radical (unpaired) electrons.